The number of ether oxygens (including phenoxy) is 2. The third-order valence-corrected chi connectivity index (χ3v) is 10.6. The maximum atomic E-state index is 14.2. The molecule has 1 heterocycles. The van der Waals surface area contributed by atoms with Gasteiger partial charge in [0.05, 0.1) is 10.6 Å². The fourth-order valence-corrected chi connectivity index (χ4v) is 8.20. The largest absolute Gasteiger partial charge is 0.459 e. The van der Waals surface area contributed by atoms with E-state index < -0.39 is 45.7 Å². The molecule has 5 rings (SSSR count). The molecule has 12 nitrogen and oxygen atoms in total. The van der Waals surface area contributed by atoms with Gasteiger partial charge >= 0.3 is 12.1 Å². The van der Waals surface area contributed by atoms with Gasteiger partial charge in [-0.2, -0.15) is 0 Å². The second-order valence-corrected chi connectivity index (χ2v) is 17.7. The number of nitrogens with one attached hydrogen (secondary N) is 1. The summed E-state index contributed by atoms with van der Waals surface area (Å²) < 4.78 is 40.3. The molecule has 4 aromatic carbocycles. The van der Waals surface area contributed by atoms with Gasteiger partial charge in [-0.3, -0.25) is 18.7 Å². The highest BCUT2D eigenvalue weighted by Crippen LogP contribution is 2.34. The Kier molecular flexibility index (Phi) is 12.4. The number of sulfonamides is 1. The van der Waals surface area contributed by atoms with Crippen LogP contribution in [0.5, 0.6) is 0 Å². The van der Waals surface area contributed by atoms with Gasteiger partial charge in [0.2, 0.25) is 0 Å². The van der Waals surface area contributed by atoms with E-state index in [1.807, 2.05) is 0 Å². The summed E-state index contributed by atoms with van der Waals surface area (Å²) in [7, 11) is -4.46. The molecule has 0 unspecified atom stereocenters. The monoisotopic (exact) mass is 810 g/mol. The molecular weight excluding hydrogens is 767 g/mol. The van der Waals surface area contributed by atoms with E-state index in [-0.39, 0.29) is 38.6 Å². The van der Waals surface area contributed by atoms with Gasteiger partial charge < -0.3 is 24.6 Å². The van der Waals surface area contributed by atoms with Crippen LogP contribution in [0.4, 0.5) is 10.5 Å². The van der Waals surface area contributed by atoms with Crippen LogP contribution in [0, 0.1) is 0 Å². The minimum absolute atomic E-state index is 0.0172. The first-order chi connectivity index (χ1) is 25.7. The molecule has 0 spiro atoms. The highest BCUT2D eigenvalue weighted by atomic mass is 35.5. The van der Waals surface area contributed by atoms with Crippen LogP contribution in [0.3, 0.4) is 0 Å². The molecule has 0 radical (unpaired) electrons. The molecule has 1 aliphatic rings. The lowest BCUT2D eigenvalue weighted by molar-refractivity contribution is -0.152. The molecule has 0 aliphatic carbocycles. The van der Waals surface area contributed by atoms with E-state index in [4.69, 9.17) is 32.7 Å². The minimum atomic E-state index is -4.46. The van der Waals surface area contributed by atoms with Crippen molar-refractivity contribution in [3.63, 3.8) is 0 Å². The summed E-state index contributed by atoms with van der Waals surface area (Å²) in [5.74, 6) is -1.50. The Morgan fingerprint density at radius 1 is 0.727 bits per heavy atom. The Morgan fingerprint density at radius 2 is 1.29 bits per heavy atom. The molecular formula is C40H44Cl2N4O8S. The molecule has 1 fully saturated rings. The van der Waals surface area contributed by atoms with Crippen molar-refractivity contribution in [3.05, 3.63) is 106 Å². The number of anilines is 1. The quantitative estimate of drug-likeness (QED) is 0.174. The van der Waals surface area contributed by atoms with Gasteiger partial charge in [0.1, 0.15) is 17.7 Å². The molecule has 4 aromatic rings. The zero-order valence-electron chi connectivity index (χ0n) is 31.5. The number of hydrogen-bond donors (Lipinski definition) is 1. The van der Waals surface area contributed by atoms with Crippen LogP contribution >= 0.6 is 23.2 Å². The maximum Gasteiger partial charge on any atom is 0.410 e. The van der Waals surface area contributed by atoms with Gasteiger partial charge in [-0.05, 0) is 88.9 Å². The van der Waals surface area contributed by atoms with Crippen molar-refractivity contribution in [2.45, 2.75) is 64.2 Å². The second-order valence-electron chi connectivity index (χ2n) is 15.0. The van der Waals surface area contributed by atoms with Crippen molar-refractivity contribution < 1.29 is 37.1 Å². The normalized spacial score (nSPS) is 13.7. The van der Waals surface area contributed by atoms with E-state index in [0.717, 1.165) is 4.31 Å². The number of benzene rings is 4. The zero-order valence-corrected chi connectivity index (χ0v) is 33.8. The van der Waals surface area contributed by atoms with Crippen molar-refractivity contribution in [1.82, 2.24) is 15.1 Å². The Morgan fingerprint density at radius 3 is 1.93 bits per heavy atom. The van der Waals surface area contributed by atoms with E-state index in [1.54, 1.807) is 106 Å². The van der Waals surface area contributed by atoms with Gasteiger partial charge in [-0.25, -0.2) is 13.2 Å². The van der Waals surface area contributed by atoms with Crippen molar-refractivity contribution in [2.75, 3.05) is 37.0 Å². The third kappa shape index (κ3) is 10.3. The summed E-state index contributed by atoms with van der Waals surface area (Å²) >= 11 is 12.4. The number of amides is 3. The van der Waals surface area contributed by atoms with E-state index in [9.17, 15) is 27.6 Å². The highest BCUT2D eigenvalue weighted by Gasteiger charge is 2.32. The summed E-state index contributed by atoms with van der Waals surface area (Å²) in [6.45, 7) is 11.0. The second kappa shape index (κ2) is 16.5. The third-order valence-electron chi connectivity index (χ3n) is 8.43. The van der Waals surface area contributed by atoms with Crippen LogP contribution in [-0.2, 0) is 30.8 Å². The van der Waals surface area contributed by atoms with Crippen LogP contribution in [-0.4, -0.2) is 86.0 Å². The summed E-state index contributed by atoms with van der Waals surface area (Å²) in [5.41, 5.74) is -0.157. The molecule has 292 valence electrons. The maximum absolute atomic E-state index is 14.2. The molecule has 55 heavy (non-hydrogen) atoms. The number of carbonyl (C=O) groups excluding carboxylic acids is 4. The Balaban J connectivity index is 1.40. The SMILES string of the molecule is CC(C)(C)OC(=O)CN(c1cccc2c(C(=O)NCc3ccccc3C(=O)N3CCN(C(=O)OC(C)(C)C)CC3)cccc12)S(=O)(=O)c1cc(Cl)cc(Cl)c1. The molecule has 1 N–H and O–H groups in total. The lowest BCUT2D eigenvalue weighted by Crippen LogP contribution is -2.51. The van der Waals surface area contributed by atoms with Crippen LogP contribution in [0.15, 0.2) is 83.8 Å². The van der Waals surface area contributed by atoms with Crippen LogP contribution < -0.4 is 9.62 Å². The lowest BCUT2D eigenvalue weighted by Gasteiger charge is -2.35. The van der Waals surface area contributed by atoms with Gasteiger partial charge in [0.25, 0.3) is 21.8 Å². The fourth-order valence-electron chi connectivity index (χ4n) is 6.05. The predicted molar refractivity (Wildman–Crippen MR) is 212 cm³/mol. The highest BCUT2D eigenvalue weighted by molar-refractivity contribution is 7.93. The average molecular weight is 812 g/mol. The summed E-state index contributed by atoms with van der Waals surface area (Å²) in [6, 6.07) is 20.5. The first kappa shape index (κ1) is 41.3. The summed E-state index contributed by atoms with van der Waals surface area (Å²) in [5, 5.41) is 3.87. The standard InChI is InChI=1S/C40H44Cl2N4O8S/c1-39(2,3)53-35(47)25-46(55(51,52)29-22-27(41)21-28(42)23-29)34-16-10-13-31-32(34)14-9-15-33(31)36(48)43-24-26-11-7-8-12-30(26)37(49)44-17-19-45(20-18-44)38(50)54-40(4,5)6/h7-16,21-23H,17-20,24-25H2,1-6H3,(H,43,48). The predicted octanol–water partition coefficient (Wildman–Crippen LogP) is 7.31. The van der Waals surface area contributed by atoms with Crippen molar-refractivity contribution in [1.29, 1.82) is 0 Å². The lowest BCUT2D eigenvalue weighted by atomic mass is 10.0. The molecule has 1 saturated heterocycles. The number of esters is 1. The van der Waals surface area contributed by atoms with Gasteiger partial charge in [-0.1, -0.05) is 65.7 Å². The number of nitrogens with zero attached hydrogens (tertiary/aromatic N) is 3. The topological polar surface area (TPSA) is 143 Å². The minimum Gasteiger partial charge on any atom is -0.459 e. The van der Waals surface area contributed by atoms with E-state index in [1.165, 1.54) is 24.3 Å². The van der Waals surface area contributed by atoms with Crippen molar-refractivity contribution >= 4 is 73.6 Å². The van der Waals surface area contributed by atoms with E-state index >= 15 is 0 Å². The van der Waals surface area contributed by atoms with Gasteiger partial charge in [-0.15, -0.1) is 0 Å². The Bertz CT molecular complexity index is 2210. The first-order valence-corrected chi connectivity index (χ1v) is 19.8. The number of fused-ring (bicyclic) bond motifs is 1. The van der Waals surface area contributed by atoms with E-state index in [2.05, 4.69) is 5.32 Å². The fraction of sp³-hybridized carbons (Fsp3) is 0.350. The summed E-state index contributed by atoms with van der Waals surface area (Å²) in [6.07, 6.45) is -0.424. The van der Waals surface area contributed by atoms with Crippen LogP contribution in [0.25, 0.3) is 10.8 Å². The Labute approximate surface area is 331 Å². The van der Waals surface area contributed by atoms with Gasteiger partial charge in [0, 0.05) is 59.3 Å². The molecule has 3 amide bonds. The Hall–Kier alpha value is -4.85. The van der Waals surface area contributed by atoms with Crippen LogP contribution in [0.2, 0.25) is 10.0 Å². The summed E-state index contributed by atoms with van der Waals surface area (Å²) in [4.78, 5) is 56.2. The molecule has 0 aromatic heterocycles. The zero-order chi connectivity index (χ0) is 40.3. The number of rotatable bonds is 9. The smallest absolute Gasteiger partial charge is 0.410 e. The first-order valence-electron chi connectivity index (χ1n) is 17.6. The molecule has 0 atom stereocenters. The molecule has 0 bridgehead atoms. The van der Waals surface area contributed by atoms with Gasteiger partial charge in [0.15, 0.2) is 0 Å². The average Bonchev–Trinajstić information content (AvgIpc) is 3.10. The van der Waals surface area contributed by atoms with Crippen molar-refractivity contribution in [3.8, 4) is 0 Å². The number of halogens is 2. The molecule has 1 aliphatic heterocycles. The number of hydrogen-bond acceptors (Lipinski definition) is 8. The molecule has 0 saturated carbocycles. The van der Waals surface area contributed by atoms with Crippen molar-refractivity contribution in [2.24, 2.45) is 0 Å². The molecule has 15 heteroatoms. The van der Waals surface area contributed by atoms with E-state index in [0.29, 0.717) is 48.1 Å². The number of carbonyl (C=O) groups is 4. The van der Waals surface area contributed by atoms with Crippen LogP contribution in [0.1, 0.15) is 67.8 Å². The number of piperazine rings is 1.